The van der Waals surface area contributed by atoms with E-state index in [1.54, 1.807) is 12.1 Å². The highest BCUT2D eigenvalue weighted by atomic mass is 32.2. The van der Waals surface area contributed by atoms with Crippen molar-refractivity contribution in [3.63, 3.8) is 0 Å². The van der Waals surface area contributed by atoms with Gasteiger partial charge < -0.3 is 15.8 Å². The number of amides is 1. The maximum atomic E-state index is 12.1. The zero-order valence-corrected chi connectivity index (χ0v) is 15.7. The van der Waals surface area contributed by atoms with Crippen LogP contribution in [0.4, 0.5) is 5.69 Å². The Labute approximate surface area is 153 Å². The molecule has 4 N–H and O–H groups in total. The van der Waals surface area contributed by atoms with Gasteiger partial charge in [-0.1, -0.05) is 6.07 Å². The number of hydrogen-bond donors (Lipinski definition) is 3. The summed E-state index contributed by atoms with van der Waals surface area (Å²) in [5, 5.41) is 2.73. The summed E-state index contributed by atoms with van der Waals surface area (Å²) >= 11 is 1.53. The van der Waals surface area contributed by atoms with Crippen LogP contribution in [0, 0.1) is 0 Å². The maximum Gasteiger partial charge on any atom is 0.240 e. The normalized spacial score (nSPS) is 18.0. The summed E-state index contributed by atoms with van der Waals surface area (Å²) in [4.78, 5) is 12.1. The molecule has 1 aromatic carbocycles. The molecule has 25 heavy (non-hydrogen) atoms. The molecule has 0 saturated carbocycles. The number of ether oxygens (including phenoxy) is 1. The Hall–Kier alpha value is -1.13. The standard InChI is InChI=1S/C16H25N3O4S2/c17-7-8-18-25(21,22)15-6-3-4-13(10-15)19-16(20)12-24-11-14-5-1-2-9-23-14/h3-4,6,10,14,18H,1-2,5,7-9,11-12,17H2,(H,19,20). The van der Waals surface area contributed by atoms with E-state index in [4.69, 9.17) is 10.5 Å². The van der Waals surface area contributed by atoms with Crippen LogP contribution in [0.1, 0.15) is 19.3 Å². The van der Waals surface area contributed by atoms with Gasteiger partial charge >= 0.3 is 0 Å². The van der Waals surface area contributed by atoms with Crippen LogP contribution in [-0.4, -0.2) is 51.6 Å². The number of anilines is 1. The smallest absolute Gasteiger partial charge is 0.240 e. The molecule has 2 rings (SSSR count). The molecular formula is C16H25N3O4S2. The minimum Gasteiger partial charge on any atom is -0.377 e. The molecule has 0 spiro atoms. The van der Waals surface area contributed by atoms with Crippen LogP contribution in [0.3, 0.4) is 0 Å². The summed E-state index contributed by atoms with van der Waals surface area (Å²) in [6.45, 7) is 1.19. The van der Waals surface area contributed by atoms with Crippen LogP contribution in [0.2, 0.25) is 0 Å². The summed E-state index contributed by atoms with van der Waals surface area (Å²) in [6, 6.07) is 6.17. The fourth-order valence-corrected chi connectivity index (χ4v) is 4.43. The molecule has 9 heteroatoms. The number of benzene rings is 1. The molecule has 1 aliphatic heterocycles. The van der Waals surface area contributed by atoms with Gasteiger partial charge in [0.25, 0.3) is 0 Å². The maximum absolute atomic E-state index is 12.1. The highest BCUT2D eigenvalue weighted by molar-refractivity contribution is 8.00. The molecule has 1 aromatic rings. The van der Waals surface area contributed by atoms with Crippen LogP contribution in [-0.2, 0) is 19.6 Å². The van der Waals surface area contributed by atoms with Crippen molar-refractivity contribution in [2.24, 2.45) is 5.73 Å². The van der Waals surface area contributed by atoms with Crippen molar-refractivity contribution in [1.82, 2.24) is 4.72 Å². The lowest BCUT2D eigenvalue weighted by molar-refractivity contribution is -0.113. The molecule has 0 bridgehead atoms. The molecule has 1 atom stereocenters. The largest absolute Gasteiger partial charge is 0.377 e. The first kappa shape index (κ1) is 20.2. The third-order valence-corrected chi connectivity index (χ3v) is 6.21. The van der Waals surface area contributed by atoms with E-state index in [1.807, 2.05) is 0 Å². The quantitative estimate of drug-likeness (QED) is 0.586. The minimum absolute atomic E-state index is 0.0991. The molecule has 1 amide bonds. The molecule has 140 valence electrons. The van der Waals surface area contributed by atoms with Gasteiger partial charge in [0.1, 0.15) is 0 Å². The number of carbonyl (C=O) groups is 1. The van der Waals surface area contributed by atoms with Gasteiger partial charge in [-0.15, -0.1) is 11.8 Å². The third kappa shape index (κ3) is 6.95. The molecule has 1 unspecified atom stereocenters. The molecule has 1 fully saturated rings. The fourth-order valence-electron chi connectivity index (χ4n) is 2.44. The molecule has 1 heterocycles. The van der Waals surface area contributed by atoms with Crippen molar-refractivity contribution in [2.75, 3.05) is 36.5 Å². The molecule has 1 saturated heterocycles. The Kier molecular flexibility index (Phi) is 8.17. The van der Waals surface area contributed by atoms with Gasteiger partial charge in [0, 0.05) is 31.1 Å². The molecule has 0 radical (unpaired) electrons. The van der Waals surface area contributed by atoms with Crippen LogP contribution in [0.5, 0.6) is 0 Å². The molecule has 1 aliphatic rings. The van der Waals surface area contributed by atoms with Gasteiger partial charge in [0.05, 0.1) is 16.8 Å². The summed E-state index contributed by atoms with van der Waals surface area (Å²) < 4.78 is 32.2. The Morgan fingerprint density at radius 2 is 2.20 bits per heavy atom. The third-order valence-electron chi connectivity index (χ3n) is 3.68. The second kappa shape index (κ2) is 10.1. The lowest BCUT2D eigenvalue weighted by Crippen LogP contribution is -2.29. The predicted octanol–water partition coefficient (Wildman–Crippen LogP) is 1.16. The second-order valence-corrected chi connectivity index (χ2v) is 8.56. The monoisotopic (exact) mass is 387 g/mol. The molecular weight excluding hydrogens is 362 g/mol. The van der Waals surface area contributed by atoms with Gasteiger partial charge in [-0.2, -0.15) is 0 Å². The van der Waals surface area contributed by atoms with Gasteiger partial charge in [-0.05, 0) is 37.5 Å². The summed E-state index contributed by atoms with van der Waals surface area (Å²) in [5.74, 6) is 0.942. The molecule has 0 aliphatic carbocycles. The number of nitrogens with two attached hydrogens (primary N) is 1. The molecule has 7 nitrogen and oxygen atoms in total. The van der Waals surface area contributed by atoms with Crippen LogP contribution >= 0.6 is 11.8 Å². The highest BCUT2D eigenvalue weighted by Crippen LogP contribution is 2.18. The number of thioether (sulfide) groups is 1. The number of hydrogen-bond acceptors (Lipinski definition) is 6. The summed E-state index contributed by atoms with van der Waals surface area (Å²) in [7, 11) is -3.62. The van der Waals surface area contributed by atoms with E-state index >= 15 is 0 Å². The molecule has 0 aromatic heterocycles. The lowest BCUT2D eigenvalue weighted by atomic mass is 10.1. The van der Waals surface area contributed by atoms with Crippen molar-refractivity contribution in [3.05, 3.63) is 24.3 Å². The number of sulfonamides is 1. The topological polar surface area (TPSA) is 111 Å². The average molecular weight is 388 g/mol. The SMILES string of the molecule is NCCNS(=O)(=O)c1cccc(NC(=O)CSCC2CCCCO2)c1. The fraction of sp³-hybridized carbons (Fsp3) is 0.562. The van der Waals surface area contributed by atoms with E-state index in [1.165, 1.54) is 30.3 Å². The number of carbonyl (C=O) groups excluding carboxylic acids is 1. The highest BCUT2D eigenvalue weighted by Gasteiger charge is 2.16. The van der Waals surface area contributed by atoms with Crippen LogP contribution < -0.4 is 15.8 Å². The Morgan fingerprint density at radius 1 is 1.36 bits per heavy atom. The van der Waals surface area contributed by atoms with Crippen molar-refractivity contribution < 1.29 is 17.9 Å². The predicted molar refractivity (Wildman–Crippen MR) is 100 cm³/mol. The van der Waals surface area contributed by atoms with E-state index in [-0.39, 0.29) is 30.0 Å². The van der Waals surface area contributed by atoms with Gasteiger partial charge in [-0.25, -0.2) is 13.1 Å². The average Bonchev–Trinajstić information content (AvgIpc) is 2.61. The first-order valence-electron chi connectivity index (χ1n) is 8.30. The van der Waals surface area contributed by atoms with E-state index in [0.29, 0.717) is 11.4 Å². The van der Waals surface area contributed by atoms with Crippen molar-refractivity contribution in [3.8, 4) is 0 Å². The van der Waals surface area contributed by atoms with Gasteiger partial charge in [0.2, 0.25) is 15.9 Å². The first-order chi connectivity index (χ1) is 12.0. The Balaban J connectivity index is 1.83. The Bertz CT molecular complexity index is 661. The van der Waals surface area contributed by atoms with Crippen molar-refractivity contribution in [2.45, 2.75) is 30.3 Å². The second-order valence-electron chi connectivity index (χ2n) is 5.77. The zero-order valence-electron chi connectivity index (χ0n) is 14.1. The van der Waals surface area contributed by atoms with E-state index in [9.17, 15) is 13.2 Å². The summed E-state index contributed by atoms with van der Waals surface area (Å²) in [6.07, 6.45) is 3.57. The van der Waals surface area contributed by atoms with Gasteiger partial charge in [-0.3, -0.25) is 4.79 Å². The number of nitrogens with one attached hydrogen (secondary N) is 2. The van der Waals surface area contributed by atoms with Gasteiger partial charge in [0.15, 0.2) is 0 Å². The van der Waals surface area contributed by atoms with Crippen LogP contribution in [0.15, 0.2) is 29.2 Å². The zero-order chi connectivity index (χ0) is 18.1. The van der Waals surface area contributed by atoms with E-state index in [0.717, 1.165) is 25.2 Å². The Morgan fingerprint density at radius 3 is 2.92 bits per heavy atom. The van der Waals surface area contributed by atoms with E-state index in [2.05, 4.69) is 10.0 Å². The van der Waals surface area contributed by atoms with Crippen LogP contribution in [0.25, 0.3) is 0 Å². The first-order valence-corrected chi connectivity index (χ1v) is 10.9. The minimum atomic E-state index is -3.62. The van der Waals surface area contributed by atoms with Crippen molar-refractivity contribution in [1.29, 1.82) is 0 Å². The lowest BCUT2D eigenvalue weighted by Gasteiger charge is -2.21. The number of rotatable bonds is 9. The summed E-state index contributed by atoms with van der Waals surface area (Å²) in [5.41, 5.74) is 5.77. The van der Waals surface area contributed by atoms with Crippen molar-refractivity contribution >= 4 is 33.4 Å². The van der Waals surface area contributed by atoms with E-state index < -0.39 is 10.0 Å².